The van der Waals surface area contributed by atoms with Gasteiger partial charge in [-0.25, -0.2) is 4.79 Å². The van der Waals surface area contributed by atoms with E-state index in [-0.39, 0.29) is 26.1 Å². The van der Waals surface area contributed by atoms with Crippen molar-refractivity contribution in [3.63, 3.8) is 0 Å². The van der Waals surface area contributed by atoms with E-state index in [0.717, 1.165) is 13.0 Å². The Balaban J connectivity index is 1.77. The van der Waals surface area contributed by atoms with Crippen molar-refractivity contribution in [3.05, 3.63) is 0 Å². The van der Waals surface area contributed by atoms with Gasteiger partial charge in [-0.3, -0.25) is 14.4 Å². The van der Waals surface area contributed by atoms with Crippen LogP contribution < -0.4 is 0 Å². The van der Waals surface area contributed by atoms with Crippen LogP contribution >= 0.6 is 0 Å². The minimum absolute atomic E-state index is 0.0203. The second kappa shape index (κ2) is 17.2. The number of hydrogen-bond acceptors (Lipinski definition) is 7. The van der Waals surface area contributed by atoms with Crippen LogP contribution in [0.3, 0.4) is 0 Å². The van der Waals surface area contributed by atoms with Crippen LogP contribution in [0.5, 0.6) is 0 Å². The first kappa shape index (κ1) is 25.4. The highest BCUT2D eigenvalue weighted by Crippen LogP contribution is 2.12. The lowest BCUT2D eigenvalue weighted by Gasteiger charge is -2.12. The summed E-state index contributed by atoms with van der Waals surface area (Å²) < 4.78 is 15.5. The third kappa shape index (κ3) is 13.2. The molecule has 1 heterocycles. The lowest BCUT2D eigenvalue weighted by molar-refractivity contribution is -0.177. The van der Waals surface area contributed by atoms with Gasteiger partial charge in [0.05, 0.1) is 19.8 Å². The molecule has 1 rings (SSSR count). The van der Waals surface area contributed by atoms with E-state index in [4.69, 9.17) is 14.2 Å². The molecule has 1 aliphatic heterocycles. The number of carbonyl (C=O) groups excluding carboxylic acids is 3. The normalized spacial score (nSPS) is 13.9. The number of hydrogen-bond donors (Lipinski definition) is 0. The molecule has 1 fully saturated rings. The summed E-state index contributed by atoms with van der Waals surface area (Å²) in [6, 6.07) is 0. The fraction of sp³-hybridized carbons (Fsp3) is 0.857. The quantitative estimate of drug-likeness (QED) is 0.189. The molecule has 0 radical (unpaired) electrons. The summed E-state index contributed by atoms with van der Waals surface area (Å²) in [5, 5.41) is 0.449. The molecular formula is C21H37NO7. The Morgan fingerprint density at radius 2 is 1.21 bits per heavy atom. The van der Waals surface area contributed by atoms with Crippen molar-refractivity contribution in [1.82, 2.24) is 5.06 Å². The average molecular weight is 416 g/mol. The summed E-state index contributed by atoms with van der Waals surface area (Å²) in [5.41, 5.74) is 0. The smallest absolute Gasteiger partial charge is 0.430 e. The van der Waals surface area contributed by atoms with Gasteiger partial charge in [-0.05, 0) is 6.42 Å². The van der Waals surface area contributed by atoms with Crippen LogP contribution in [0.1, 0.15) is 84.0 Å². The molecule has 0 bridgehead atoms. The van der Waals surface area contributed by atoms with Crippen LogP contribution in [-0.2, 0) is 28.6 Å². The monoisotopic (exact) mass is 415 g/mol. The summed E-state index contributed by atoms with van der Waals surface area (Å²) >= 11 is 0. The van der Waals surface area contributed by atoms with Crippen LogP contribution in [-0.4, -0.2) is 56.1 Å². The zero-order valence-electron chi connectivity index (χ0n) is 17.8. The van der Waals surface area contributed by atoms with Crippen LogP contribution in [0, 0.1) is 0 Å². The van der Waals surface area contributed by atoms with Gasteiger partial charge in [-0.1, -0.05) is 69.8 Å². The molecule has 0 N–H and O–H groups in total. The molecule has 0 aromatic heterocycles. The third-order valence-electron chi connectivity index (χ3n) is 4.63. The highest BCUT2D eigenvalue weighted by Gasteiger charge is 2.33. The summed E-state index contributed by atoms with van der Waals surface area (Å²) in [4.78, 5) is 38.5. The maximum Gasteiger partial charge on any atom is 0.534 e. The topological polar surface area (TPSA) is 91.4 Å². The molecule has 8 heteroatoms. The number of ether oxygens (including phenoxy) is 3. The maximum absolute atomic E-state index is 11.4. The van der Waals surface area contributed by atoms with E-state index in [0.29, 0.717) is 18.3 Å². The van der Waals surface area contributed by atoms with E-state index in [1.165, 1.54) is 57.8 Å². The standard InChI is InChI=1S/C21H37NO7/c1-2-3-4-5-6-7-8-9-10-11-14-26-15-16-27-17-18-28-21(25)29-22-19(23)12-13-20(22)24/h2-18H2,1H3. The Morgan fingerprint density at radius 3 is 1.79 bits per heavy atom. The molecule has 29 heavy (non-hydrogen) atoms. The SMILES string of the molecule is CCCCCCCCCCCCOCCOCCOC(=O)ON1C(=O)CCC1=O. The number of unbranched alkanes of at least 4 members (excludes halogenated alkanes) is 9. The van der Waals surface area contributed by atoms with E-state index >= 15 is 0 Å². The Hall–Kier alpha value is -1.67. The van der Waals surface area contributed by atoms with Crippen molar-refractivity contribution in [1.29, 1.82) is 0 Å². The fourth-order valence-electron chi connectivity index (χ4n) is 2.96. The van der Waals surface area contributed by atoms with Gasteiger partial charge >= 0.3 is 6.16 Å². The number of rotatable bonds is 18. The fourth-order valence-corrected chi connectivity index (χ4v) is 2.96. The van der Waals surface area contributed by atoms with E-state index in [2.05, 4.69) is 11.8 Å². The molecule has 168 valence electrons. The zero-order chi connectivity index (χ0) is 21.2. The molecule has 0 saturated carbocycles. The molecule has 0 spiro atoms. The summed E-state index contributed by atoms with van der Waals surface area (Å²) in [7, 11) is 0. The molecule has 0 atom stereocenters. The van der Waals surface area contributed by atoms with Gasteiger partial charge in [-0.2, -0.15) is 0 Å². The molecule has 0 aromatic carbocycles. The van der Waals surface area contributed by atoms with Crippen molar-refractivity contribution >= 4 is 18.0 Å². The van der Waals surface area contributed by atoms with Crippen molar-refractivity contribution in [2.24, 2.45) is 0 Å². The molecule has 1 saturated heterocycles. The number of amides is 2. The molecule has 2 amide bonds. The van der Waals surface area contributed by atoms with E-state index in [1.54, 1.807) is 0 Å². The molecular weight excluding hydrogens is 378 g/mol. The van der Waals surface area contributed by atoms with Crippen molar-refractivity contribution in [3.8, 4) is 0 Å². The highest BCUT2D eigenvalue weighted by atomic mass is 16.8. The zero-order valence-corrected chi connectivity index (χ0v) is 17.8. The van der Waals surface area contributed by atoms with Crippen LogP contribution in [0.2, 0.25) is 0 Å². The van der Waals surface area contributed by atoms with Gasteiger partial charge in [-0.15, -0.1) is 0 Å². The third-order valence-corrected chi connectivity index (χ3v) is 4.63. The highest BCUT2D eigenvalue weighted by molar-refractivity contribution is 6.01. The lowest BCUT2D eigenvalue weighted by Crippen LogP contribution is -2.32. The van der Waals surface area contributed by atoms with Crippen LogP contribution in [0.15, 0.2) is 0 Å². The first-order valence-electron chi connectivity index (χ1n) is 11.0. The van der Waals surface area contributed by atoms with Gasteiger partial charge in [0, 0.05) is 19.4 Å². The minimum Gasteiger partial charge on any atom is -0.430 e. The lowest BCUT2D eigenvalue weighted by atomic mass is 10.1. The summed E-state index contributed by atoms with van der Waals surface area (Å²) in [6.45, 7) is 4.07. The van der Waals surface area contributed by atoms with Gasteiger partial charge < -0.3 is 14.2 Å². The summed E-state index contributed by atoms with van der Waals surface area (Å²) in [5.74, 6) is -1.08. The molecule has 0 aliphatic carbocycles. The van der Waals surface area contributed by atoms with E-state index in [1.807, 2.05) is 0 Å². The maximum atomic E-state index is 11.4. The van der Waals surface area contributed by atoms with Gasteiger partial charge in [0.1, 0.15) is 6.61 Å². The van der Waals surface area contributed by atoms with Crippen molar-refractivity contribution in [2.45, 2.75) is 84.0 Å². The van der Waals surface area contributed by atoms with Crippen LogP contribution in [0.4, 0.5) is 4.79 Å². The number of imide groups is 1. The largest absolute Gasteiger partial charge is 0.534 e. The Labute approximate surface area is 174 Å². The first-order chi connectivity index (χ1) is 14.1. The molecule has 0 unspecified atom stereocenters. The Kier molecular flexibility index (Phi) is 15.1. The van der Waals surface area contributed by atoms with Gasteiger partial charge in [0.25, 0.3) is 11.8 Å². The van der Waals surface area contributed by atoms with Crippen molar-refractivity contribution < 1.29 is 33.4 Å². The van der Waals surface area contributed by atoms with E-state index < -0.39 is 18.0 Å². The predicted molar refractivity (Wildman–Crippen MR) is 107 cm³/mol. The first-order valence-corrected chi connectivity index (χ1v) is 11.0. The van der Waals surface area contributed by atoms with Crippen molar-refractivity contribution in [2.75, 3.05) is 33.0 Å². The number of nitrogens with zero attached hydrogens (tertiary/aromatic N) is 1. The van der Waals surface area contributed by atoms with Gasteiger partial charge in [0.15, 0.2) is 0 Å². The summed E-state index contributed by atoms with van der Waals surface area (Å²) in [6.07, 6.45) is 12.0. The van der Waals surface area contributed by atoms with Crippen LogP contribution in [0.25, 0.3) is 0 Å². The molecule has 0 aromatic rings. The molecule has 8 nitrogen and oxygen atoms in total. The number of hydroxylamine groups is 2. The second-order valence-corrected chi connectivity index (χ2v) is 7.18. The Morgan fingerprint density at radius 1 is 0.724 bits per heavy atom. The Bertz CT molecular complexity index is 454. The molecule has 1 aliphatic rings. The minimum atomic E-state index is -1.09. The second-order valence-electron chi connectivity index (χ2n) is 7.18. The van der Waals surface area contributed by atoms with Gasteiger partial charge in [0.2, 0.25) is 0 Å². The van der Waals surface area contributed by atoms with E-state index in [9.17, 15) is 14.4 Å². The average Bonchev–Trinajstić information content (AvgIpc) is 3.02. The number of carbonyl (C=O) groups is 3. The predicted octanol–water partition coefficient (Wildman–Crippen LogP) is 4.16.